The summed E-state index contributed by atoms with van der Waals surface area (Å²) < 4.78 is 15.9. The van der Waals surface area contributed by atoms with E-state index >= 15 is 0 Å². The lowest BCUT2D eigenvalue weighted by atomic mass is 10.1. The highest BCUT2D eigenvalue weighted by Crippen LogP contribution is 2.32. The van der Waals surface area contributed by atoms with E-state index in [2.05, 4.69) is 45.8 Å². The molecule has 38 heavy (non-hydrogen) atoms. The van der Waals surface area contributed by atoms with Crippen LogP contribution in [-0.4, -0.2) is 44.0 Å². The second-order valence-electron chi connectivity index (χ2n) is 9.81. The molecule has 0 amide bonds. The van der Waals surface area contributed by atoms with Gasteiger partial charge in [-0.15, -0.1) is 0 Å². The highest BCUT2D eigenvalue weighted by Gasteiger charge is 2.21. The summed E-state index contributed by atoms with van der Waals surface area (Å²) in [5.74, 6) is 2.57. The van der Waals surface area contributed by atoms with Crippen LogP contribution in [0.2, 0.25) is 5.15 Å². The van der Waals surface area contributed by atoms with Crippen LogP contribution in [0.4, 0.5) is 0 Å². The van der Waals surface area contributed by atoms with E-state index in [1.807, 2.05) is 48.1 Å². The van der Waals surface area contributed by atoms with Gasteiger partial charge >= 0.3 is 0 Å². The molecule has 4 aromatic rings. The fourth-order valence-corrected chi connectivity index (χ4v) is 5.13. The smallest absolute Gasteiger partial charge is 0.161 e. The maximum absolute atomic E-state index is 6.84. The van der Waals surface area contributed by atoms with Gasteiger partial charge in [0.1, 0.15) is 19.0 Å². The summed E-state index contributed by atoms with van der Waals surface area (Å²) in [7, 11) is 0. The van der Waals surface area contributed by atoms with E-state index in [1.54, 1.807) is 0 Å². The zero-order valence-corrected chi connectivity index (χ0v) is 23.0. The first-order valence-electron chi connectivity index (χ1n) is 13.5. The van der Waals surface area contributed by atoms with E-state index in [0.29, 0.717) is 24.9 Å². The molecule has 0 N–H and O–H groups in total. The van der Waals surface area contributed by atoms with Crippen LogP contribution in [0, 0.1) is 6.92 Å². The van der Waals surface area contributed by atoms with Crippen molar-refractivity contribution in [3.8, 4) is 22.9 Å². The van der Waals surface area contributed by atoms with Crippen LogP contribution < -0.4 is 9.47 Å². The molecule has 0 unspecified atom stereocenters. The van der Waals surface area contributed by atoms with E-state index in [1.165, 1.54) is 5.56 Å². The number of fused-ring (bicyclic) bond motifs is 1. The van der Waals surface area contributed by atoms with Crippen molar-refractivity contribution in [2.24, 2.45) is 0 Å². The number of aromatic nitrogens is 4. The molecule has 2 aromatic carbocycles. The number of hydrogen-bond donors (Lipinski definition) is 0. The molecule has 0 spiro atoms. The molecule has 200 valence electrons. The minimum absolute atomic E-state index is 0.579. The summed E-state index contributed by atoms with van der Waals surface area (Å²) in [5, 5.41) is 5.13. The number of hydrogen-bond acceptors (Lipinski definition) is 5. The third-order valence-corrected chi connectivity index (χ3v) is 7.12. The van der Waals surface area contributed by atoms with Crippen molar-refractivity contribution in [3.63, 3.8) is 0 Å². The quantitative estimate of drug-likeness (QED) is 0.212. The number of ether oxygens (including phenoxy) is 2. The van der Waals surface area contributed by atoms with Crippen LogP contribution in [0.1, 0.15) is 43.1 Å². The molecule has 3 heterocycles. The predicted molar refractivity (Wildman–Crippen MR) is 151 cm³/mol. The summed E-state index contributed by atoms with van der Waals surface area (Å²) >= 11 is 6.84. The van der Waals surface area contributed by atoms with Crippen LogP contribution in [0.15, 0.2) is 60.8 Å². The number of aryl methyl sites for hydroxylation is 2. The molecule has 7 nitrogen and oxygen atoms in total. The van der Waals surface area contributed by atoms with Gasteiger partial charge in [0, 0.05) is 44.5 Å². The number of nitrogens with zero attached hydrogens (tertiary/aromatic N) is 5. The Morgan fingerprint density at radius 3 is 2.53 bits per heavy atom. The standard InChI is InChI=1S/C30H36ClN5O2/c1-3-4-16-36-26(29(31)32-30(36)25-9-6-5-7-10-25)22-34(14-8-15-35-17-13-23(2)33-35)21-24-11-12-27-28(20-24)38-19-18-37-27/h5-7,9-13,17,20H,3-4,8,14-16,18-19,21-22H2,1-2H3. The molecule has 0 aliphatic carbocycles. The Labute approximate surface area is 230 Å². The summed E-state index contributed by atoms with van der Waals surface area (Å²) in [4.78, 5) is 7.28. The Kier molecular flexibility index (Phi) is 8.66. The lowest BCUT2D eigenvalue weighted by molar-refractivity contribution is 0.171. The fraction of sp³-hybridized carbons (Fsp3) is 0.400. The summed E-state index contributed by atoms with van der Waals surface area (Å²) in [5.41, 5.74) is 4.37. The van der Waals surface area contributed by atoms with Gasteiger partial charge in [0.15, 0.2) is 16.7 Å². The fourth-order valence-electron chi connectivity index (χ4n) is 4.89. The summed E-state index contributed by atoms with van der Waals surface area (Å²) in [6.07, 6.45) is 5.19. The minimum Gasteiger partial charge on any atom is -0.486 e. The van der Waals surface area contributed by atoms with Gasteiger partial charge in [-0.2, -0.15) is 5.10 Å². The molecule has 1 aliphatic heterocycles. The van der Waals surface area contributed by atoms with Gasteiger partial charge in [-0.25, -0.2) is 4.98 Å². The lowest BCUT2D eigenvalue weighted by Gasteiger charge is -2.25. The highest BCUT2D eigenvalue weighted by molar-refractivity contribution is 6.30. The predicted octanol–water partition coefficient (Wildman–Crippen LogP) is 6.37. The largest absolute Gasteiger partial charge is 0.486 e. The van der Waals surface area contributed by atoms with Crippen molar-refractivity contribution in [2.45, 2.75) is 59.3 Å². The van der Waals surface area contributed by atoms with Crippen LogP contribution in [0.5, 0.6) is 11.5 Å². The second kappa shape index (κ2) is 12.5. The topological polar surface area (TPSA) is 57.3 Å². The first-order valence-corrected chi connectivity index (χ1v) is 13.9. The van der Waals surface area contributed by atoms with Gasteiger partial charge in [0.25, 0.3) is 0 Å². The average Bonchev–Trinajstić information content (AvgIpc) is 3.49. The first-order chi connectivity index (χ1) is 18.6. The van der Waals surface area contributed by atoms with Crippen LogP contribution in [-0.2, 0) is 26.2 Å². The van der Waals surface area contributed by atoms with Crippen molar-refractivity contribution in [3.05, 3.63) is 82.9 Å². The highest BCUT2D eigenvalue weighted by atomic mass is 35.5. The Morgan fingerprint density at radius 2 is 1.76 bits per heavy atom. The van der Waals surface area contributed by atoms with E-state index in [4.69, 9.17) is 26.1 Å². The SMILES string of the molecule is CCCCn1c(-c2ccccc2)nc(Cl)c1CN(CCCn1ccc(C)n1)Cc1ccc2c(c1)OCCO2. The minimum atomic E-state index is 0.579. The number of unbranched alkanes of at least 4 members (excludes halogenated alkanes) is 1. The number of halogens is 1. The third kappa shape index (κ3) is 6.40. The Hall–Kier alpha value is -3.29. The molecule has 0 atom stereocenters. The van der Waals surface area contributed by atoms with Crippen molar-refractivity contribution >= 4 is 11.6 Å². The number of benzene rings is 2. The van der Waals surface area contributed by atoms with Gasteiger partial charge in [-0.1, -0.05) is 61.3 Å². The monoisotopic (exact) mass is 533 g/mol. The number of rotatable bonds is 12. The molecular weight excluding hydrogens is 498 g/mol. The van der Waals surface area contributed by atoms with Gasteiger partial charge in [-0.05, 0) is 43.5 Å². The molecule has 5 rings (SSSR count). The van der Waals surface area contributed by atoms with Gasteiger partial charge < -0.3 is 14.0 Å². The lowest BCUT2D eigenvalue weighted by Crippen LogP contribution is -2.27. The first kappa shape index (κ1) is 26.3. The average molecular weight is 534 g/mol. The van der Waals surface area contributed by atoms with Crippen molar-refractivity contribution in [1.29, 1.82) is 0 Å². The van der Waals surface area contributed by atoms with Gasteiger partial charge in [0.2, 0.25) is 0 Å². The molecule has 8 heteroatoms. The molecule has 0 saturated heterocycles. The normalized spacial score (nSPS) is 12.8. The van der Waals surface area contributed by atoms with Crippen LogP contribution >= 0.6 is 11.6 Å². The van der Waals surface area contributed by atoms with Gasteiger partial charge in [0.05, 0.1) is 11.4 Å². The second-order valence-corrected chi connectivity index (χ2v) is 10.2. The molecule has 0 fully saturated rings. The zero-order valence-electron chi connectivity index (χ0n) is 22.3. The molecule has 0 bridgehead atoms. The summed E-state index contributed by atoms with van der Waals surface area (Å²) in [6, 6.07) is 18.6. The van der Waals surface area contributed by atoms with Crippen LogP contribution in [0.3, 0.4) is 0 Å². The maximum Gasteiger partial charge on any atom is 0.161 e. The van der Waals surface area contributed by atoms with Crippen molar-refractivity contribution in [2.75, 3.05) is 19.8 Å². The van der Waals surface area contributed by atoms with Crippen molar-refractivity contribution in [1.82, 2.24) is 24.2 Å². The Bertz CT molecular complexity index is 1330. The van der Waals surface area contributed by atoms with E-state index in [0.717, 1.165) is 79.7 Å². The Balaban J connectivity index is 1.40. The maximum atomic E-state index is 6.84. The van der Waals surface area contributed by atoms with E-state index in [9.17, 15) is 0 Å². The van der Waals surface area contributed by atoms with E-state index in [-0.39, 0.29) is 0 Å². The summed E-state index contributed by atoms with van der Waals surface area (Å²) in [6.45, 7) is 9.53. The zero-order chi connectivity index (χ0) is 26.3. The molecule has 2 aromatic heterocycles. The molecule has 0 radical (unpaired) electrons. The third-order valence-electron chi connectivity index (χ3n) is 6.81. The van der Waals surface area contributed by atoms with E-state index < -0.39 is 0 Å². The van der Waals surface area contributed by atoms with Crippen LogP contribution in [0.25, 0.3) is 11.4 Å². The molecular formula is C30H36ClN5O2. The van der Waals surface area contributed by atoms with Gasteiger partial charge in [-0.3, -0.25) is 9.58 Å². The number of imidazole rings is 1. The van der Waals surface area contributed by atoms with Crippen molar-refractivity contribution < 1.29 is 9.47 Å². The molecule has 1 aliphatic rings. The Morgan fingerprint density at radius 1 is 0.947 bits per heavy atom. The molecule has 0 saturated carbocycles.